The van der Waals surface area contributed by atoms with E-state index in [9.17, 15) is 8.42 Å². The Morgan fingerprint density at radius 1 is 1.26 bits per heavy atom. The second-order valence-corrected chi connectivity index (χ2v) is 8.45. The van der Waals surface area contributed by atoms with Crippen LogP contribution in [0.2, 0.25) is 0 Å². The molecule has 5 nitrogen and oxygen atoms in total. The molecule has 23 heavy (non-hydrogen) atoms. The van der Waals surface area contributed by atoms with E-state index in [4.69, 9.17) is 4.74 Å². The van der Waals surface area contributed by atoms with Crippen molar-refractivity contribution in [1.82, 2.24) is 9.62 Å². The quantitative estimate of drug-likeness (QED) is 0.861. The third-order valence-electron chi connectivity index (χ3n) is 4.95. The molecule has 2 saturated heterocycles. The van der Waals surface area contributed by atoms with Crippen molar-refractivity contribution >= 4 is 10.0 Å². The van der Waals surface area contributed by atoms with E-state index >= 15 is 0 Å². The Morgan fingerprint density at radius 2 is 1.96 bits per heavy atom. The Labute approximate surface area is 139 Å². The molecule has 0 bridgehead atoms. The van der Waals surface area contributed by atoms with Crippen LogP contribution in [0.3, 0.4) is 0 Å². The van der Waals surface area contributed by atoms with Gasteiger partial charge in [0.1, 0.15) is 5.25 Å². The smallest absolute Gasteiger partial charge is 0.217 e. The fourth-order valence-corrected chi connectivity index (χ4v) is 5.20. The minimum absolute atomic E-state index is 0.103. The molecule has 0 amide bonds. The summed E-state index contributed by atoms with van der Waals surface area (Å²) in [5.74, 6) is 0. The standard InChI is InChI=1S/C17H26N2O3S/c1-14-17(9-12-22-14)23(20,21)18-13-16(19-10-5-6-11-19)15-7-3-2-4-8-15/h2-4,7-8,14,16-18H,5-6,9-13H2,1H3/t14-,16-,17-/m0/s1. The molecule has 3 atom stereocenters. The minimum Gasteiger partial charge on any atom is -0.377 e. The van der Waals surface area contributed by atoms with Crippen LogP contribution in [-0.2, 0) is 14.8 Å². The Hall–Kier alpha value is -0.950. The number of sulfonamides is 1. The van der Waals surface area contributed by atoms with E-state index in [1.165, 1.54) is 18.4 Å². The highest BCUT2D eigenvalue weighted by atomic mass is 32.2. The van der Waals surface area contributed by atoms with Crippen LogP contribution in [0.4, 0.5) is 0 Å². The molecule has 0 aliphatic carbocycles. The molecule has 1 N–H and O–H groups in total. The summed E-state index contributed by atoms with van der Waals surface area (Å²) < 4.78 is 33.4. The summed E-state index contributed by atoms with van der Waals surface area (Å²) >= 11 is 0. The molecular weight excluding hydrogens is 312 g/mol. The molecule has 0 unspecified atom stereocenters. The third-order valence-corrected chi connectivity index (χ3v) is 6.93. The summed E-state index contributed by atoms with van der Waals surface area (Å²) in [6.45, 7) is 4.86. The number of nitrogens with zero attached hydrogens (tertiary/aromatic N) is 1. The number of hydrogen-bond acceptors (Lipinski definition) is 4. The van der Waals surface area contributed by atoms with Gasteiger partial charge in [0.25, 0.3) is 0 Å². The van der Waals surface area contributed by atoms with Crippen LogP contribution in [0.1, 0.15) is 37.8 Å². The molecule has 1 aromatic rings. The molecule has 0 radical (unpaired) electrons. The summed E-state index contributed by atoms with van der Waals surface area (Å²) in [5.41, 5.74) is 1.17. The Bertz CT molecular complexity index is 600. The lowest BCUT2D eigenvalue weighted by molar-refractivity contribution is 0.126. The van der Waals surface area contributed by atoms with Crippen molar-refractivity contribution in [2.75, 3.05) is 26.2 Å². The van der Waals surface area contributed by atoms with Crippen LogP contribution >= 0.6 is 0 Å². The van der Waals surface area contributed by atoms with Gasteiger partial charge in [-0.05, 0) is 44.8 Å². The van der Waals surface area contributed by atoms with E-state index < -0.39 is 15.3 Å². The maximum absolute atomic E-state index is 12.6. The van der Waals surface area contributed by atoms with Crippen LogP contribution in [-0.4, -0.2) is 50.9 Å². The van der Waals surface area contributed by atoms with Crippen LogP contribution < -0.4 is 4.72 Å². The van der Waals surface area contributed by atoms with Crippen LogP contribution in [0, 0.1) is 0 Å². The van der Waals surface area contributed by atoms with Crippen molar-refractivity contribution in [3.63, 3.8) is 0 Å². The van der Waals surface area contributed by atoms with E-state index in [0.717, 1.165) is 13.1 Å². The Morgan fingerprint density at radius 3 is 2.57 bits per heavy atom. The average molecular weight is 338 g/mol. The average Bonchev–Trinajstić information content (AvgIpc) is 3.20. The van der Waals surface area contributed by atoms with Gasteiger partial charge in [-0.15, -0.1) is 0 Å². The van der Waals surface area contributed by atoms with E-state index in [-0.39, 0.29) is 12.1 Å². The maximum Gasteiger partial charge on any atom is 0.217 e. The third kappa shape index (κ3) is 3.94. The van der Waals surface area contributed by atoms with Crippen molar-refractivity contribution < 1.29 is 13.2 Å². The number of likely N-dealkylation sites (tertiary alicyclic amines) is 1. The molecule has 0 spiro atoms. The normalized spacial score (nSPS) is 27.3. The van der Waals surface area contributed by atoms with E-state index in [0.29, 0.717) is 19.6 Å². The lowest BCUT2D eigenvalue weighted by atomic mass is 10.1. The first-order chi connectivity index (χ1) is 11.1. The van der Waals surface area contributed by atoms with Gasteiger partial charge in [-0.3, -0.25) is 4.90 Å². The molecule has 2 aliphatic rings. The monoisotopic (exact) mass is 338 g/mol. The van der Waals surface area contributed by atoms with Crippen LogP contribution in [0.15, 0.2) is 30.3 Å². The van der Waals surface area contributed by atoms with Gasteiger partial charge in [0.05, 0.1) is 6.10 Å². The maximum atomic E-state index is 12.6. The molecule has 0 aromatic heterocycles. The molecular formula is C17H26N2O3S. The lowest BCUT2D eigenvalue weighted by Gasteiger charge is -2.29. The number of hydrogen-bond donors (Lipinski definition) is 1. The molecule has 2 heterocycles. The zero-order chi connectivity index (χ0) is 16.3. The van der Waals surface area contributed by atoms with Gasteiger partial charge >= 0.3 is 0 Å². The fourth-order valence-electron chi connectivity index (χ4n) is 3.61. The van der Waals surface area contributed by atoms with Crippen LogP contribution in [0.25, 0.3) is 0 Å². The minimum atomic E-state index is -3.34. The summed E-state index contributed by atoms with van der Waals surface area (Å²) in [4.78, 5) is 2.38. The zero-order valence-electron chi connectivity index (χ0n) is 13.6. The number of benzene rings is 1. The predicted octanol–water partition coefficient (Wildman–Crippen LogP) is 1.92. The topological polar surface area (TPSA) is 58.6 Å². The highest BCUT2D eigenvalue weighted by Crippen LogP contribution is 2.26. The highest BCUT2D eigenvalue weighted by molar-refractivity contribution is 7.90. The number of rotatable bonds is 6. The second-order valence-electron chi connectivity index (χ2n) is 6.47. The first-order valence-electron chi connectivity index (χ1n) is 8.47. The van der Waals surface area contributed by atoms with Crippen molar-refractivity contribution in [2.45, 2.75) is 43.6 Å². The predicted molar refractivity (Wildman–Crippen MR) is 90.7 cm³/mol. The summed E-state index contributed by atoms with van der Waals surface area (Å²) in [7, 11) is -3.34. The van der Waals surface area contributed by atoms with E-state index in [2.05, 4.69) is 21.8 Å². The number of ether oxygens (including phenoxy) is 1. The fraction of sp³-hybridized carbons (Fsp3) is 0.647. The lowest BCUT2D eigenvalue weighted by Crippen LogP contribution is -2.42. The SMILES string of the molecule is C[C@@H]1OCC[C@@H]1S(=O)(=O)NC[C@@H](c1ccccc1)N1CCCC1. The van der Waals surface area contributed by atoms with Gasteiger partial charge in [-0.25, -0.2) is 13.1 Å². The molecule has 1 aromatic carbocycles. The summed E-state index contributed by atoms with van der Waals surface area (Å²) in [6.07, 6.45) is 2.72. The molecule has 2 aliphatic heterocycles. The van der Waals surface area contributed by atoms with E-state index in [1.807, 2.05) is 25.1 Å². The molecule has 2 fully saturated rings. The summed E-state index contributed by atoms with van der Waals surface area (Å²) in [5, 5.41) is -0.433. The Balaban J connectivity index is 1.71. The first-order valence-corrected chi connectivity index (χ1v) is 10.0. The summed E-state index contributed by atoms with van der Waals surface area (Å²) in [6, 6.07) is 10.3. The zero-order valence-corrected chi connectivity index (χ0v) is 14.5. The van der Waals surface area contributed by atoms with Gasteiger partial charge in [0.2, 0.25) is 10.0 Å². The van der Waals surface area contributed by atoms with Crippen molar-refractivity contribution in [2.24, 2.45) is 0 Å². The highest BCUT2D eigenvalue weighted by Gasteiger charge is 2.36. The van der Waals surface area contributed by atoms with Gasteiger partial charge in [-0.2, -0.15) is 0 Å². The van der Waals surface area contributed by atoms with Crippen molar-refractivity contribution in [3.8, 4) is 0 Å². The Kier molecular flexibility index (Phi) is 5.36. The number of nitrogens with one attached hydrogen (secondary N) is 1. The van der Waals surface area contributed by atoms with Crippen LogP contribution in [0.5, 0.6) is 0 Å². The molecule has 3 rings (SSSR count). The first kappa shape index (κ1) is 16.9. The van der Waals surface area contributed by atoms with Crippen molar-refractivity contribution in [1.29, 1.82) is 0 Å². The molecule has 128 valence electrons. The van der Waals surface area contributed by atoms with Crippen molar-refractivity contribution in [3.05, 3.63) is 35.9 Å². The molecule has 6 heteroatoms. The van der Waals surface area contributed by atoms with Gasteiger partial charge in [0, 0.05) is 19.2 Å². The van der Waals surface area contributed by atoms with Gasteiger partial charge in [-0.1, -0.05) is 30.3 Å². The van der Waals surface area contributed by atoms with E-state index in [1.54, 1.807) is 0 Å². The molecule has 0 saturated carbocycles. The van der Waals surface area contributed by atoms with Gasteiger partial charge < -0.3 is 4.74 Å². The largest absolute Gasteiger partial charge is 0.377 e. The van der Waals surface area contributed by atoms with Gasteiger partial charge in [0.15, 0.2) is 0 Å². The second kappa shape index (κ2) is 7.30.